The number of aliphatic hydroxyl groups excluding tert-OH is 1. The number of ether oxygens (including phenoxy) is 1. The van der Waals surface area contributed by atoms with E-state index in [4.69, 9.17) is 26.6 Å². The Morgan fingerprint density at radius 2 is 1.92 bits per heavy atom. The highest BCUT2D eigenvalue weighted by Gasteiger charge is 2.16. The van der Waals surface area contributed by atoms with Crippen LogP contribution < -0.4 is 4.74 Å². The summed E-state index contributed by atoms with van der Waals surface area (Å²) in [6.45, 7) is -1.01. The van der Waals surface area contributed by atoms with Gasteiger partial charge in [0.2, 0.25) is 0 Å². The van der Waals surface area contributed by atoms with Gasteiger partial charge in [-0.1, -0.05) is 23.7 Å². The van der Waals surface area contributed by atoms with Crippen LogP contribution >= 0.6 is 11.6 Å². The van der Waals surface area contributed by atoms with Crippen molar-refractivity contribution in [3.63, 3.8) is 0 Å². The number of aliphatic hydroxyl groups is 1. The molecule has 0 saturated heterocycles. The second kappa shape index (κ2) is 7.65. The van der Waals surface area contributed by atoms with Crippen molar-refractivity contribution in [1.29, 1.82) is 0 Å². The van der Waals surface area contributed by atoms with Gasteiger partial charge in [-0.3, -0.25) is 0 Å². The maximum atomic E-state index is 12.1. The molecule has 0 bridgehead atoms. The molecule has 2 N–H and O–H groups in total. The summed E-state index contributed by atoms with van der Waals surface area (Å²) in [7, 11) is -3.61. The molecule has 2 aromatic rings. The third-order valence-electron chi connectivity index (χ3n) is 3.16. The largest absolute Gasteiger partial charge is 0.481 e. The van der Waals surface area contributed by atoms with Gasteiger partial charge in [0.05, 0.1) is 17.3 Å². The molecular formula is C16H15ClO6S. The zero-order chi connectivity index (χ0) is 17.7. The fourth-order valence-electron chi connectivity index (χ4n) is 2.09. The zero-order valence-electron chi connectivity index (χ0n) is 12.5. The molecule has 2 rings (SSSR count). The predicted octanol–water partition coefficient (Wildman–Crippen LogP) is 2.24. The van der Waals surface area contributed by atoms with E-state index in [1.807, 2.05) is 0 Å². The van der Waals surface area contributed by atoms with Crippen LogP contribution in [0.1, 0.15) is 0 Å². The Balaban J connectivity index is 2.48. The number of hydrogen-bond donors (Lipinski definition) is 2. The molecule has 24 heavy (non-hydrogen) atoms. The van der Waals surface area contributed by atoms with Crippen LogP contribution in [0.5, 0.6) is 5.75 Å². The number of halogens is 1. The molecule has 0 saturated carbocycles. The van der Waals surface area contributed by atoms with Crippen molar-refractivity contribution >= 4 is 27.4 Å². The number of carbonyl (C=O) groups is 1. The van der Waals surface area contributed by atoms with Crippen molar-refractivity contribution in [2.45, 2.75) is 4.90 Å². The van der Waals surface area contributed by atoms with Crippen LogP contribution in [0.3, 0.4) is 0 Å². The molecule has 0 fully saturated rings. The summed E-state index contributed by atoms with van der Waals surface area (Å²) >= 11 is 5.99. The van der Waals surface area contributed by atoms with E-state index in [9.17, 15) is 13.2 Å². The Kier molecular flexibility index (Phi) is 5.82. The third kappa shape index (κ3) is 4.47. The first-order chi connectivity index (χ1) is 11.3. The second-order valence-electron chi connectivity index (χ2n) is 4.89. The first kappa shape index (κ1) is 18.3. The van der Waals surface area contributed by atoms with Gasteiger partial charge in [0, 0.05) is 10.6 Å². The zero-order valence-corrected chi connectivity index (χ0v) is 14.0. The Bertz CT molecular complexity index is 847. The molecule has 6 nitrogen and oxygen atoms in total. The average Bonchev–Trinajstić information content (AvgIpc) is 2.53. The summed E-state index contributed by atoms with van der Waals surface area (Å²) in [6.07, 6.45) is 0. The maximum Gasteiger partial charge on any atom is 0.341 e. The van der Waals surface area contributed by atoms with Gasteiger partial charge in [-0.15, -0.1) is 0 Å². The van der Waals surface area contributed by atoms with Crippen molar-refractivity contribution in [3.05, 3.63) is 47.5 Å². The molecule has 0 aliphatic rings. The van der Waals surface area contributed by atoms with Crippen LogP contribution in [-0.2, 0) is 14.6 Å². The molecule has 0 atom stereocenters. The van der Waals surface area contributed by atoms with Gasteiger partial charge in [0.1, 0.15) is 5.75 Å². The van der Waals surface area contributed by atoms with Crippen LogP contribution in [0.15, 0.2) is 47.4 Å². The summed E-state index contributed by atoms with van der Waals surface area (Å²) < 4.78 is 29.4. The SMILES string of the molecule is O=C(O)COc1ccc(Cl)cc1-c1cccc(S(=O)(=O)CCO)c1. The summed E-state index contributed by atoms with van der Waals surface area (Å²) in [4.78, 5) is 10.7. The van der Waals surface area contributed by atoms with Gasteiger partial charge in [0.25, 0.3) is 0 Å². The number of carboxylic acid groups (broad SMARTS) is 1. The van der Waals surface area contributed by atoms with E-state index in [1.54, 1.807) is 24.3 Å². The van der Waals surface area contributed by atoms with E-state index in [0.29, 0.717) is 16.1 Å². The number of carboxylic acids is 1. The third-order valence-corrected chi connectivity index (χ3v) is 5.08. The molecule has 128 valence electrons. The lowest BCUT2D eigenvalue weighted by molar-refractivity contribution is -0.139. The Morgan fingerprint density at radius 1 is 1.17 bits per heavy atom. The van der Waals surface area contributed by atoms with Crippen LogP contribution in [0.2, 0.25) is 5.02 Å². The number of benzene rings is 2. The number of aliphatic carboxylic acids is 1. The lowest BCUT2D eigenvalue weighted by Gasteiger charge is -2.12. The van der Waals surface area contributed by atoms with Crippen LogP contribution in [0.4, 0.5) is 0 Å². The van der Waals surface area contributed by atoms with Gasteiger partial charge < -0.3 is 14.9 Å². The predicted molar refractivity (Wildman–Crippen MR) is 89.2 cm³/mol. The van der Waals surface area contributed by atoms with E-state index in [0.717, 1.165) is 0 Å². The van der Waals surface area contributed by atoms with E-state index < -0.39 is 29.0 Å². The van der Waals surface area contributed by atoms with Crippen molar-refractivity contribution < 1.29 is 28.2 Å². The molecule has 8 heteroatoms. The molecule has 0 radical (unpaired) electrons. The van der Waals surface area contributed by atoms with Crippen LogP contribution in [-0.4, -0.2) is 43.6 Å². The van der Waals surface area contributed by atoms with E-state index in [-0.39, 0.29) is 16.4 Å². The molecule has 0 amide bonds. The fraction of sp³-hybridized carbons (Fsp3) is 0.188. The van der Waals surface area contributed by atoms with Crippen molar-refractivity contribution in [1.82, 2.24) is 0 Å². The summed E-state index contributed by atoms with van der Waals surface area (Å²) in [5, 5.41) is 18.0. The number of rotatable bonds is 7. The minimum Gasteiger partial charge on any atom is -0.481 e. The first-order valence-electron chi connectivity index (χ1n) is 6.91. The molecule has 0 aromatic heterocycles. The normalized spacial score (nSPS) is 11.2. The average molecular weight is 371 g/mol. The summed E-state index contributed by atoms with van der Waals surface area (Å²) in [5.41, 5.74) is 0.988. The monoisotopic (exact) mass is 370 g/mol. The minimum atomic E-state index is -3.61. The maximum absolute atomic E-state index is 12.1. The molecule has 0 heterocycles. The van der Waals surface area contributed by atoms with Gasteiger partial charge in [-0.05, 0) is 35.9 Å². The van der Waals surface area contributed by atoms with Gasteiger partial charge >= 0.3 is 5.97 Å². The molecule has 0 unspecified atom stereocenters. The number of hydrogen-bond acceptors (Lipinski definition) is 5. The van der Waals surface area contributed by atoms with Gasteiger partial charge in [-0.2, -0.15) is 0 Å². The lowest BCUT2D eigenvalue weighted by atomic mass is 10.0. The second-order valence-corrected chi connectivity index (χ2v) is 7.44. The summed E-state index contributed by atoms with van der Waals surface area (Å²) in [5.74, 6) is -1.23. The Hall–Kier alpha value is -2.09. The first-order valence-corrected chi connectivity index (χ1v) is 8.95. The quantitative estimate of drug-likeness (QED) is 0.775. The van der Waals surface area contributed by atoms with Gasteiger partial charge in [0.15, 0.2) is 16.4 Å². The van der Waals surface area contributed by atoms with Crippen LogP contribution in [0.25, 0.3) is 11.1 Å². The van der Waals surface area contributed by atoms with E-state index in [2.05, 4.69) is 0 Å². The highest BCUT2D eigenvalue weighted by atomic mass is 35.5. The number of sulfone groups is 1. The van der Waals surface area contributed by atoms with Gasteiger partial charge in [-0.25, -0.2) is 13.2 Å². The molecule has 0 aliphatic heterocycles. The Labute approximate surface area is 144 Å². The highest BCUT2D eigenvalue weighted by molar-refractivity contribution is 7.91. The van der Waals surface area contributed by atoms with Crippen molar-refractivity contribution in [2.24, 2.45) is 0 Å². The van der Waals surface area contributed by atoms with E-state index in [1.165, 1.54) is 18.2 Å². The lowest BCUT2D eigenvalue weighted by Crippen LogP contribution is -2.10. The molecule has 0 spiro atoms. The van der Waals surface area contributed by atoms with Crippen molar-refractivity contribution in [2.75, 3.05) is 19.0 Å². The Morgan fingerprint density at radius 3 is 2.58 bits per heavy atom. The topological polar surface area (TPSA) is 101 Å². The molecule has 0 aliphatic carbocycles. The fourth-order valence-corrected chi connectivity index (χ4v) is 3.33. The smallest absolute Gasteiger partial charge is 0.341 e. The summed E-state index contributed by atoms with van der Waals surface area (Å²) in [6, 6.07) is 10.7. The van der Waals surface area contributed by atoms with Crippen molar-refractivity contribution in [3.8, 4) is 16.9 Å². The molecular weight excluding hydrogens is 356 g/mol. The highest BCUT2D eigenvalue weighted by Crippen LogP contribution is 2.33. The molecule has 2 aromatic carbocycles. The standard InChI is InChI=1S/C16H15ClO6S/c17-12-4-5-15(23-10-16(19)20)14(9-12)11-2-1-3-13(8-11)24(21,22)7-6-18/h1-5,8-9,18H,6-7,10H2,(H,19,20). The minimum absolute atomic E-state index is 0.0539. The van der Waals surface area contributed by atoms with Crippen LogP contribution in [0, 0.1) is 0 Å². The van der Waals surface area contributed by atoms with E-state index >= 15 is 0 Å².